The molecule has 0 unspecified atom stereocenters. The number of rotatable bonds is 9. The van der Waals surface area contributed by atoms with Gasteiger partial charge in [0.2, 0.25) is 10.0 Å². The van der Waals surface area contributed by atoms with Crippen molar-refractivity contribution in [2.24, 2.45) is 5.92 Å². The Balaban J connectivity index is 2.11. The van der Waals surface area contributed by atoms with E-state index in [9.17, 15) is 8.42 Å². The lowest BCUT2D eigenvalue weighted by atomic mass is 9.91. The minimum atomic E-state index is -3.07. The fraction of sp³-hybridized carbons (Fsp3) is 1.00. The van der Waals surface area contributed by atoms with Crippen molar-refractivity contribution in [3.63, 3.8) is 0 Å². The molecule has 0 amide bonds. The van der Waals surface area contributed by atoms with Crippen LogP contribution in [0, 0.1) is 5.92 Å². The van der Waals surface area contributed by atoms with Gasteiger partial charge in [-0.05, 0) is 31.6 Å². The molecule has 1 aliphatic rings. The number of sulfonamides is 1. The molecule has 0 aliphatic heterocycles. The third kappa shape index (κ3) is 7.34. The first kappa shape index (κ1) is 15.9. The van der Waals surface area contributed by atoms with Gasteiger partial charge < -0.3 is 5.11 Å². The molecule has 0 saturated heterocycles. The van der Waals surface area contributed by atoms with Crippen LogP contribution >= 0.6 is 0 Å². The lowest BCUT2D eigenvalue weighted by Crippen LogP contribution is -2.31. The van der Waals surface area contributed by atoms with Crippen LogP contribution in [-0.4, -0.2) is 32.4 Å². The highest BCUT2D eigenvalue weighted by molar-refractivity contribution is 7.89. The summed E-state index contributed by atoms with van der Waals surface area (Å²) >= 11 is 0. The molecule has 0 radical (unpaired) electrons. The van der Waals surface area contributed by atoms with Crippen LogP contribution in [0.2, 0.25) is 0 Å². The molecule has 0 aromatic carbocycles. The summed E-state index contributed by atoms with van der Waals surface area (Å²) in [6.45, 7) is 0.772. The van der Waals surface area contributed by atoms with Crippen molar-refractivity contribution in [1.29, 1.82) is 0 Å². The molecule has 1 saturated carbocycles. The van der Waals surface area contributed by atoms with Crippen LogP contribution in [0.25, 0.3) is 0 Å². The number of aliphatic hydroxyl groups excluding tert-OH is 1. The normalized spacial score (nSPS) is 18.1. The fourth-order valence-electron chi connectivity index (χ4n) is 2.54. The standard InChI is InChI=1S/C13H27NO3S/c15-11-7-2-1-6-10-14-18(16,17)12-13-8-4-3-5-9-13/h13-15H,1-12H2. The van der Waals surface area contributed by atoms with Crippen LogP contribution in [0.5, 0.6) is 0 Å². The monoisotopic (exact) mass is 277 g/mol. The largest absolute Gasteiger partial charge is 0.396 e. The summed E-state index contributed by atoms with van der Waals surface area (Å²) in [5.41, 5.74) is 0. The molecule has 1 rings (SSSR count). The van der Waals surface area contributed by atoms with Gasteiger partial charge in [-0.2, -0.15) is 0 Å². The first-order valence-electron chi connectivity index (χ1n) is 7.22. The van der Waals surface area contributed by atoms with Crippen molar-refractivity contribution in [2.75, 3.05) is 18.9 Å². The maximum Gasteiger partial charge on any atom is 0.211 e. The van der Waals surface area contributed by atoms with E-state index in [0.717, 1.165) is 38.5 Å². The Morgan fingerprint density at radius 2 is 1.67 bits per heavy atom. The number of hydrogen-bond acceptors (Lipinski definition) is 3. The van der Waals surface area contributed by atoms with E-state index < -0.39 is 10.0 Å². The predicted molar refractivity (Wildman–Crippen MR) is 73.9 cm³/mol. The molecule has 4 nitrogen and oxygen atoms in total. The molecule has 2 N–H and O–H groups in total. The number of nitrogens with one attached hydrogen (secondary N) is 1. The zero-order chi connectivity index (χ0) is 13.3. The maximum absolute atomic E-state index is 11.8. The molecule has 18 heavy (non-hydrogen) atoms. The van der Waals surface area contributed by atoms with E-state index in [1.807, 2.05) is 0 Å². The summed E-state index contributed by atoms with van der Waals surface area (Å²) in [6.07, 6.45) is 9.39. The minimum absolute atomic E-state index is 0.230. The molecule has 0 atom stereocenters. The summed E-state index contributed by atoms with van der Waals surface area (Å²) < 4.78 is 26.4. The molecule has 1 fully saturated rings. The maximum atomic E-state index is 11.8. The lowest BCUT2D eigenvalue weighted by molar-refractivity contribution is 0.282. The Labute approximate surface area is 111 Å². The zero-order valence-electron chi connectivity index (χ0n) is 11.2. The van der Waals surface area contributed by atoms with Gasteiger partial charge in [0, 0.05) is 13.2 Å². The SMILES string of the molecule is O=S(=O)(CC1CCCCC1)NCCCCCCO. The average Bonchev–Trinajstić information content (AvgIpc) is 2.34. The van der Waals surface area contributed by atoms with E-state index in [1.54, 1.807) is 0 Å². The Hall–Kier alpha value is -0.130. The molecular formula is C13H27NO3S. The van der Waals surface area contributed by atoms with Gasteiger partial charge in [-0.3, -0.25) is 0 Å². The van der Waals surface area contributed by atoms with E-state index in [2.05, 4.69) is 4.72 Å². The second kappa shape index (κ2) is 8.88. The third-order valence-corrected chi connectivity index (χ3v) is 5.14. The first-order chi connectivity index (χ1) is 8.64. The highest BCUT2D eigenvalue weighted by Crippen LogP contribution is 2.24. The van der Waals surface area contributed by atoms with Crippen LogP contribution < -0.4 is 4.72 Å². The zero-order valence-corrected chi connectivity index (χ0v) is 12.1. The topological polar surface area (TPSA) is 66.4 Å². The summed E-state index contributed by atoms with van der Waals surface area (Å²) in [5, 5.41) is 8.62. The molecule has 0 aromatic heterocycles. The van der Waals surface area contributed by atoms with Crippen LogP contribution in [-0.2, 0) is 10.0 Å². The summed E-state index contributed by atoms with van der Waals surface area (Å²) in [7, 11) is -3.07. The van der Waals surface area contributed by atoms with Crippen LogP contribution in [0.1, 0.15) is 57.8 Å². The van der Waals surface area contributed by atoms with E-state index in [0.29, 0.717) is 18.2 Å². The minimum Gasteiger partial charge on any atom is -0.396 e. The van der Waals surface area contributed by atoms with Crippen molar-refractivity contribution in [3.8, 4) is 0 Å². The molecule has 0 spiro atoms. The van der Waals surface area contributed by atoms with Crippen LogP contribution in [0.15, 0.2) is 0 Å². The molecule has 5 heteroatoms. The molecule has 0 aromatic rings. The summed E-state index contributed by atoms with van der Waals surface area (Å²) in [5.74, 6) is 0.675. The van der Waals surface area contributed by atoms with Crippen LogP contribution in [0.3, 0.4) is 0 Å². The van der Waals surface area contributed by atoms with E-state index in [-0.39, 0.29) is 6.61 Å². The number of aliphatic hydroxyl groups is 1. The molecule has 1 aliphatic carbocycles. The van der Waals surface area contributed by atoms with Gasteiger partial charge in [0.15, 0.2) is 0 Å². The number of unbranched alkanes of at least 4 members (excludes halogenated alkanes) is 3. The van der Waals surface area contributed by atoms with Gasteiger partial charge >= 0.3 is 0 Å². The van der Waals surface area contributed by atoms with E-state index in [1.165, 1.54) is 19.3 Å². The fourth-order valence-corrected chi connectivity index (χ4v) is 4.07. The Kier molecular flexibility index (Phi) is 7.86. The van der Waals surface area contributed by atoms with Crippen molar-refractivity contribution >= 4 is 10.0 Å². The van der Waals surface area contributed by atoms with E-state index >= 15 is 0 Å². The van der Waals surface area contributed by atoms with Crippen molar-refractivity contribution in [1.82, 2.24) is 4.72 Å². The predicted octanol–water partition coefficient (Wildman–Crippen LogP) is 2.04. The van der Waals surface area contributed by atoms with Gasteiger partial charge in [0.25, 0.3) is 0 Å². The molecule has 108 valence electrons. The van der Waals surface area contributed by atoms with Gasteiger partial charge in [0.05, 0.1) is 5.75 Å². The van der Waals surface area contributed by atoms with Crippen molar-refractivity contribution < 1.29 is 13.5 Å². The second-order valence-electron chi connectivity index (χ2n) is 5.32. The van der Waals surface area contributed by atoms with Gasteiger partial charge in [-0.15, -0.1) is 0 Å². The highest BCUT2D eigenvalue weighted by Gasteiger charge is 2.20. The second-order valence-corrected chi connectivity index (χ2v) is 7.17. The summed E-state index contributed by atoms with van der Waals surface area (Å²) in [4.78, 5) is 0. The Morgan fingerprint density at radius 3 is 2.33 bits per heavy atom. The third-order valence-electron chi connectivity index (χ3n) is 3.59. The van der Waals surface area contributed by atoms with Crippen molar-refractivity contribution in [3.05, 3.63) is 0 Å². The van der Waals surface area contributed by atoms with Gasteiger partial charge in [-0.1, -0.05) is 32.1 Å². The average molecular weight is 277 g/mol. The first-order valence-corrected chi connectivity index (χ1v) is 8.87. The Bertz CT molecular complexity index is 297. The quantitative estimate of drug-likeness (QED) is 0.634. The van der Waals surface area contributed by atoms with Gasteiger partial charge in [0.1, 0.15) is 0 Å². The Morgan fingerprint density at radius 1 is 1.00 bits per heavy atom. The summed E-state index contributed by atoms with van der Waals surface area (Å²) in [6, 6.07) is 0. The van der Waals surface area contributed by atoms with E-state index in [4.69, 9.17) is 5.11 Å². The van der Waals surface area contributed by atoms with Crippen LogP contribution in [0.4, 0.5) is 0 Å². The number of hydrogen-bond donors (Lipinski definition) is 2. The molecule has 0 bridgehead atoms. The molecule has 0 heterocycles. The smallest absolute Gasteiger partial charge is 0.211 e. The highest BCUT2D eigenvalue weighted by atomic mass is 32.2. The van der Waals surface area contributed by atoms with Crippen molar-refractivity contribution in [2.45, 2.75) is 57.8 Å². The van der Waals surface area contributed by atoms with Gasteiger partial charge in [-0.25, -0.2) is 13.1 Å². The lowest BCUT2D eigenvalue weighted by Gasteiger charge is -2.21. The molecular weight excluding hydrogens is 250 g/mol.